The Kier molecular flexibility index (Phi) is 23.1. The summed E-state index contributed by atoms with van der Waals surface area (Å²) in [6.45, 7) is 8.00. The molecule has 0 aromatic carbocycles. The van der Waals surface area contributed by atoms with Gasteiger partial charge in [-0.15, -0.1) is 0 Å². The normalized spacial score (nSPS) is 6.86. The second-order valence-electron chi connectivity index (χ2n) is 1.68. The van der Waals surface area contributed by atoms with Gasteiger partial charge in [0.05, 0.1) is 0 Å². The van der Waals surface area contributed by atoms with Gasteiger partial charge in [0.15, 0.2) is 0 Å². The van der Waals surface area contributed by atoms with Crippen LogP contribution in [-0.2, 0) is 0 Å². The molecule has 0 bridgehead atoms. The quantitative estimate of drug-likeness (QED) is 0.336. The Labute approximate surface area is 73.0 Å². The maximum atomic E-state index is 3.69. The van der Waals surface area contributed by atoms with Gasteiger partial charge in [0.25, 0.3) is 0 Å². The minimum Gasteiger partial charge on any atom is -1.00 e. The minimum absolute atomic E-state index is 0. The molecule has 0 aromatic rings. The van der Waals surface area contributed by atoms with Gasteiger partial charge in [-0.05, 0) is 0 Å². The number of rotatable bonds is 1. The standard InChI is InChI=1S/C5H11.BrH.Mg/c1-4-5(2)3;;/h5H,1,4H2,2-3H3;1H;/q-1;;+2/p-1. The molecule has 0 aromatic heterocycles. The Balaban J connectivity index is -0.0000000800. The van der Waals surface area contributed by atoms with Crippen molar-refractivity contribution in [2.45, 2.75) is 20.3 Å². The largest absolute Gasteiger partial charge is 2.00 e. The summed E-state index contributed by atoms with van der Waals surface area (Å²) in [5, 5.41) is 0. The molecule has 0 atom stereocenters. The van der Waals surface area contributed by atoms with Crippen LogP contribution in [0.25, 0.3) is 0 Å². The average Bonchev–Trinajstić information content (AvgIpc) is 1.38. The van der Waals surface area contributed by atoms with E-state index < -0.39 is 0 Å². The van der Waals surface area contributed by atoms with E-state index in [1.165, 1.54) is 0 Å². The molecule has 0 nitrogen and oxygen atoms in total. The molecule has 0 fully saturated rings. The molecule has 0 aliphatic heterocycles. The number of hydrogen-bond donors (Lipinski definition) is 0. The summed E-state index contributed by atoms with van der Waals surface area (Å²) < 4.78 is 0. The van der Waals surface area contributed by atoms with E-state index in [1.807, 2.05) is 0 Å². The first-order valence-corrected chi connectivity index (χ1v) is 2.06. The second kappa shape index (κ2) is 10.3. The van der Waals surface area contributed by atoms with Crippen molar-refractivity contribution in [2.75, 3.05) is 0 Å². The van der Waals surface area contributed by atoms with Crippen molar-refractivity contribution in [3.05, 3.63) is 6.92 Å². The molecule has 0 N–H and O–H groups in total. The molecule has 0 spiro atoms. The Hall–Kier alpha value is 1.25. The third-order valence-electron chi connectivity index (χ3n) is 0.577. The molecule has 0 amide bonds. The molecule has 7 heavy (non-hydrogen) atoms. The van der Waals surface area contributed by atoms with Gasteiger partial charge in [0.1, 0.15) is 0 Å². The van der Waals surface area contributed by atoms with Gasteiger partial charge in [-0.1, -0.05) is 19.8 Å². The molecular formula is C5H11BrMg. The van der Waals surface area contributed by atoms with E-state index in [1.54, 1.807) is 0 Å². The summed E-state index contributed by atoms with van der Waals surface area (Å²) in [4.78, 5) is 0. The Morgan fingerprint density at radius 1 is 1.43 bits per heavy atom. The zero-order valence-electron chi connectivity index (χ0n) is 5.08. The fourth-order valence-corrected chi connectivity index (χ4v) is 0. The first-order chi connectivity index (χ1) is 2.27. The van der Waals surface area contributed by atoms with Gasteiger partial charge < -0.3 is 23.9 Å². The van der Waals surface area contributed by atoms with Gasteiger partial charge >= 0.3 is 23.1 Å². The van der Waals surface area contributed by atoms with Gasteiger partial charge in [0, 0.05) is 0 Å². The van der Waals surface area contributed by atoms with Crippen LogP contribution in [0.4, 0.5) is 0 Å². The van der Waals surface area contributed by atoms with Gasteiger partial charge in [0.2, 0.25) is 0 Å². The van der Waals surface area contributed by atoms with Crippen molar-refractivity contribution in [3.63, 3.8) is 0 Å². The van der Waals surface area contributed by atoms with Crippen molar-refractivity contribution < 1.29 is 17.0 Å². The zero-order chi connectivity index (χ0) is 4.28. The monoisotopic (exact) mass is 174 g/mol. The fraction of sp³-hybridized carbons (Fsp3) is 0.800. The molecule has 0 aliphatic rings. The molecule has 0 unspecified atom stereocenters. The summed E-state index contributed by atoms with van der Waals surface area (Å²) in [7, 11) is 0. The van der Waals surface area contributed by atoms with Crippen LogP contribution in [0.1, 0.15) is 20.3 Å². The summed E-state index contributed by atoms with van der Waals surface area (Å²) >= 11 is 0. The third-order valence-corrected chi connectivity index (χ3v) is 0.577. The van der Waals surface area contributed by atoms with Crippen molar-refractivity contribution in [1.82, 2.24) is 0 Å². The van der Waals surface area contributed by atoms with E-state index in [2.05, 4.69) is 20.8 Å². The molecule has 40 valence electrons. The van der Waals surface area contributed by atoms with Crippen LogP contribution < -0.4 is 17.0 Å². The smallest absolute Gasteiger partial charge is 1.00 e. The van der Waals surface area contributed by atoms with Crippen LogP contribution in [-0.4, -0.2) is 23.1 Å². The summed E-state index contributed by atoms with van der Waals surface area (Å²) in [5.41, 5.74) is 0. The van der Waals surface area contributed by atoms with Gasteiger partial charge in [-0.3, -0.25) is 0 Å². The van der Waals surface area contributed by atoms with E-state index in [9.17, 15) is 0 Å². The molecule has 0 radical (unpaired) electrons. The van der Waals surface area contributed by atoms with Crippen LogP contribution in [0, 0.1) is 12.8 Å². The van der Waals surface area contributed by atoms with E-state index in [0.717, 1.165) is 12.3 Å². The molecule has 0 saturated heterocycles. The molecule has 0 heterocycles. The fourth-order valence-electron chi connectivity index (χ4n) is 0. The first-order valence-electron chi connectivity index (χ1n) is 2.06. The van der Waals surface area contributed by atoms with E-state index in [-0.39, 0.29) is 40.0 Å². The van der Waals surface area contributed by atoms with Crippen LogP contribution in [0.5, 0.6) is 0 Å². The van der Waals surface area contributed by atoms with Gasteiger partial charge in [-0.25, -0.2) is 0 Å². The summed E-state index contributed by atoms with van der Waals surface area (Å²) in [6.07, 6.45) is 1.06. The van der Waals surface area contributed by atoms with Crippen molar-refractivity contribution in [2.24, 2.45) is 5.92 Å². The Morgan fingerprint density at radius 3 is 1.57 bits per heavy atom. The maximum Gasteiger partial charge on any atom is 2.00 e. The zero-order valence-corrected chi connectivity index (χ0v) is 8.08. The van der Waals surface area contributed by atoms with Crippen molar-refractivity contribution in [3.8, 4) is 0 Å². The molecule has 2 heteroatoms. The maximum absolute atomic E-state index is 3.69. The predicted octanol–water partition coefficient (Wildman–Crippen LogP) is -1.51. The SMILES string of the molecule is [Br-].[CH2-]CC(C)C.[Mg+2]. The van der Waals surface area contributed by atoms with E-state index in [0.29, 0.717) is 0 Å². The number of halogens is 1. The Morgan fingerprint density at radius 2 is 1.57 bits per heavy atom. The summed E-state index contributed by atoms with van der Waals surface area (Å²) in [5.74, 6) is 0.773. The van der Waals surface area contributed by atoms with Crippen molar-refractivity contribution >= 4 is 23.1 Å². The molecule has 0 saturated carbocycles. The summed E-state index contributed by atoms with van der Waals surface area (Å²) in [6, 6.07) is 0. The van der Waals surface area contributed by atoms with Crippen LogP contribution in [0.15, 0.2) is 0 Å². The predicted molar refractivity (Wildman–Crippen MR) is 30.6 cm³/mol. The van der Waals surface area contributed by atoms with Gasteiger partial charge in [-0.2, -0.15) is 6.42 Å². The topological polar surface area (TPSA) is 0 Å². The molecule has 0 aliphatic carbocycles. The van der Waals surface area contributed by atoms with Crippen LogP contribution in [0.2, 0.25) is 0 Å². The average molecular weight is 175 g/mol. The first kappa shape index (κ1) is 15.7. The second-order valence-corrected chi connectivity index (χ2v) is 1.68. The molecular weight excluding hydrogens is 164 g/mol. The molecule has 0 rings (SSSR count). The number of hydrogen-bond acceptors (Lipinski definition) is 0. The van der Waals surface area contributed by atoms with E-state index in [4.69, 9.17) is 0 Å². The van der Waals surface area contributed by atoms with E-state index >= 15 is 0 Å². The van der Waals surface area contributed by atoms with Crippen LogP contribution >= 0.6 is 0 Å². The third kappa shape index (κ3) is 18.9. The Bertz CT molecular complexity index is 22.0. The minimum atomic E-state index is 0. The van der Waals surface area contributed by atoms with Crippen LogP contribution in [0.3, 0.4) is 0 Å². The van der Waals surface area contributed by atoms with Crippen molar-refractivity contribution in [1.29, 1.82) is 0 Å².